The smallest absolute Gasteiger partial charge is 0.139 e. The minimum Gasteiger partial charge on any atom is -0.383 e. The van der Waals surface area contributed by atoms with Crippen LogP contribution < -0.4 is 11.1 Å². The maximum Gasteiger partial charge on any atom is 0.139 e. The number of anilines is 3. The van der Waals surface area contributed by atoms with Crippen LogP contribution in [0.1, 0.15) is 23.9 Å². The predicted octanol–water partition coefficient (Wildman–Crippen LogP) is 3.12. The number of nitrogen functional groups attached to an aromatic ring is 1. The van der Waals surface area contributed by atoms with Crippen LogP contribution in [0.2, 0.25) is 0 Å². The Morgan fingerprint density at radius 1 is 1.26 bits per heavy atom. The van der Waals surface area contributed by atoms with Crippen molar-refractivity contribution in [3.8, 4) is 0 Å². The van der Waals surface area contributed by atoms with E-state index in [0.717, 1.165) is 11.3 Å². The number of halogens is 1. The summed E-state index contributed by atoms with van der Waals surface area (Å²) in [7, 11) is 0. The van der Waals surface area contributed by atoms with Crippen LogP contribution in [0.25, 0.3) is 0 Å². The maximum atomic E-state index is 13.2. The number of nitrogens with two attached hydrogens (primary N) is 1. The number of aromatic nitrogens is 2. The second kappa shape index (κ2) is 5.22. The molecule has 0 saturated heterocycles. The van der Waals surface area contributed by atoms with E-state index in [1.807, 2.05) is 13.8 Å². The molecule has 3 N–H and O–H groups in total. The van der Waals surface area contributed by atoms with Crippen LogP contribution in [-0.4, -0.2) is 9.97 Å². The molecule has 100 valence electrons. The molecule has 2 aromatic rings. The third kappa shape index (κ3) is 2.81. The van der Waals surface area contributed by atoms with Gasteiger partial charge in [-0.3, -0.25) is 0 Å². The van der Waals surface area contributed by atoms with Gasteiger partial charge in [0.15, 0.2) is 0 Å². The molecule has 5 heteroatoms. The molecule has 0 bridgehead atoms. The lowest BCUT2D eigenvalue weighted by atomic mass is 10.2. The van der Waals surface area contributed by atoms with Crippen molar-refractivity contribution in [1.29, 1.82) is 0 Å². The molecule has 1 heterocycles. The van der Waals surface area contributed by atoms with Crippen molar-refractivity contribution in [2.24, 2.45) is 0 Å². The molecule has 2 rings (SSSR count). The molecule has 0 radical (unpaired) electrons. The zero-order valence-electron chi connectivity index (χ0n) is 11.3. The van der Waals surface area contributed by atoms with E-state index in [4.69, 9.17) is 5.73 Å². The molecule has 4 nitrogen and oxygen atoms in total. The zero-order chi connectivity index (χ0) is 14.0. The third-order valence-corrected chi connectivity index (χ3v) is 2.97. The molecular formula is C14H17FN4. The van der Waals surface area contributed by atoms with Gasteiger partial charge in [-0.1, -0.05) is 6.92 Å². The molecule has 0 amide bonds. The van der Waals surface area contributed by atoms with Gasteiger partial charge in [-0.2, -0.15) is 0 Å². The first-order valence-electron chi connectivity index (χ1n) is 6.17. The van der Waals surface area contributed by atoms with Crippen LogP contribution in [0.4, 0.5) is 21.7 Å². The van der Waals surface area contributed by atoms with E-state index in [0.29, 0.717) is 29.4 Å². The summed E-state index contributed by atoms with van der Waals surface area (Å²) in [5.74, 6) is 1.59. The van der Waals surface area contributed by atoms with Gasteiger partial charge in [0.2, 0.25) is 0 Å². The van der Waals surface area contributed by atoms with Crippen molar-refractivity contribution in [3.63, 3.8) is 0 Å². The molecule has 0 aliphatic rings. The summed E-state index contributed by atoms with van der Waals surface area (Å²) in [6, 6.07) is 4.84. The molecule has 0 atom stereocenters. The lowest BCUT2D eigenvalue weighted by molar-refractivity contribution is 0.619. The fourth-order valence-electron chi connectivity index (χ4n) is 1.72. The highest BCUT2D eigenvalue weighted by atomic mass is 19.1. The van der Waals surface area contributed by atoms with E-state index < -0.39 is 0 Å². The highest BCUT2D eigenvalue weighted by molar-refractivity contribution is 5.64. The molecule has 0 aliphatic carbocycles. The van der Waals surface area contributed by atoms with E-state index in [1.165, 1.54) is 6.07 Å². The molecular weight excluding hydrogens is 243 g/mol. The van der Waals surface area contributed by atoms with Gasteiger partial charge in [0.25, 0.3) is 0 Å². The molecule has 0 spiro atoms. The Hall–Kier alpha value is -2.17. The van der Waals surface area contributed by atoms with Crippen LogP contribution in [0.3, 0.4) is 0 Å². The summed E-state index contributed by atoms with van der Waals surface area (Å²) in [5.41, 5.74) is 8.01. The Labute approximate surface area is 111 Å². The molecule has 1 aromatic heterocycles. The first kappa shape index (κ1) is 13.3. The van der Waals surface area contributed by atoms with Crippen LogP contribution in [-0.2, 0) is 6.42 Å². The van der Waals surface area contributed by atoms with Crippen LogP contribution >= 0.6 is 0 Å². The molecule has 0 fully saturated rings. The fourth-order valence-corrected chi connectivity index (χ4v) is 1.72. The van der Waals surface area contributed by atoms with Crippen LogP contribution in [0.5, 0.6) is 0 Å². The predicted molar refractivity (Wildman–Crippen MR) is 75.0 cm³/mol. The molecule has 1 aromatic carbocycles. The monoisotopic (exact) mass is 260 g/mol. The molecule has 0 unspecified atom stereocenters. The van der Waals surface area contributed by atoms with Crippen LogP contribution in [0.15, 0.2) is 18.2 Å². The van der Waals surface area contributed by atoms with Gasteiger partial charge in [0.1, 0.15) is 23.3 Å². The van der Waals surface area contributed by atoms with Gasteiger partial charge in [0.05, 0.1) is 0 Å². The summed E-state index contributed by atoms with van der Waals surface area (Å²) in [4.78, 5) is 8.59. The number of hydrogen-bond donors (Lipinski definition) is 2. The van der Waals surface area contributed by atoms with E-state index in [9.17, 15) is 4.39 Å². The Balaban J connectivity index is 2.37. The fraction of sp³-hybridized carbons (Fsp3) is 0.286. The highest BCUT2D eigenvalue weighted by Gasteiger charge is 2.08. The summed E-state index contributed by atoms with van der Waals surface area (Å²) < 4.78 is 13.2. The number of nitrogens with zero attached hydrogens (tertiary/aromatic N) is 2. The first-order valence-corrected chi connectivity index (χ1v) is 6.17. The summed E-state index contributed by atoms with van der Waals surface area (Å²) >= 11 is 0. The van der Waals surface area contributed by atoms with E-state index >= 15 is 0 Å². The van der Waals surface area contributed by atoms with Gasteiger partial charge in [-0.25, -0.2) is 14.4 Å². The van der Waals surface area contributed by atoms with Crippen molar-refractivity contribution in [2.45, 2.75) is 27.2 Å². The number of aryl methyl sites for hydroxylation is 2. The molecule has 0 saturated carbocycles. The van der Waals surface area contributed by atoms with E-state index in [1.54, 1.807) is 19.1 Å². The number of benzene rings is 1. The summed E-state index contributed by atoms with van der Waals surface area (Å²) in [6.45, 7) is 5.54. The van der Waals surface area contributed by atoms with Crippen molar-refractivity contribution >= 4 is 17.3 Å². The quantitative estimate of drug-likeness (QED) is 0.890. The number of rotatable bonds is 3. The average molecular weight is 260 g/mol. The SMILES string of the molecule is CCc1nc(N)c(C)c(Nc2ccc(F)c(C)c2)n1. The van der Waals surface area contributed by atoms with Gasteiger partial charge in [-0.05, 0) is 37.6 Å². The summed E-state index contributed by atoms with van der Waals surface area (Å²) in [5, 5.41) is 3.16. The lowest BCUT2D eigenvalue weighted by Crippen LogP contribution is -2.06. The minimum absolute atomic E-state index is 0.223. The topological polar surface area (TPSA) is 63.8 Å². The largest absolute Gasteiger partial charge is 0.383 e. The first-order chi connectivity index (χ1) is 9.01. The lowest BCUT2D eigenvalue weighted by Gasteiger charge is -2.12. The van der Waals surface area contributed by atoms with E-state index in [2.05, 4.69) is 15.3 Å². The highest BCUT2D eigenvalue weighted by Crippen LogP contribution is 2.23. The molecule has 19 heavy (non-hydrogen) atoms. The van der Waals surface area contributed by atoms with Crippen molar-refractivity contribution in [1.82, 2.24) is 9.97 Å². The molecule has 0 aliphatic heterocycles. The number of nitrogens with one attached hydrogen (secondary N) is 1. The Bertz CT molecular complexity index is 611. The van der Waals surface area contributed by atoms with Gasteiger partial charge in [0, 0.05) is 17.7 Å². The average Bonchev–Trinajstić information content (AvgIpc) is 2.39. The van der Waals surface area contributed by atoms with Crippen molar-refractivity contribution in [3.05, 3.63) is 41.0 Å². The van der Waals surface area contributed by atoms with Gasteiger partial charge in [-0.15, -0.1) is 0 Å². The van der Waals surface area contributed by atoms with Gasteiger partial charge >= 0.3 is 0 Å². The minimum atomic E-state index is -0.223. The number of hydrogen-bond acceptors (Lipinski definition) is 4. The second-order valence-corrected chi connectivity index (χ2v) is 4.44. The Morgan fingerprint density at radius 2 is 2.00 bits per heavy atom. The normalized spacial score (nSPS) is 10.5. The van der Waals surface area contributed by atoms with Gasteiger partial charge < -0.3 is 11.1 Å². The van der Waals surface area contributed by atoms with E-state index in [-0.39, 0.29) is 5.82 Å². The Kier molecular flexibility index (Phi) is 3.64. The Morgan fingerprint density at radius 3 is 2.63 bits per heavy atom. The summed E-state index contributed by atoms with van der Waals surface area (Å²) in [6.07, 6.45) is 0.710. The third-order valence-electron chi connectivity index (χ3n) is 2.97. The zero-order valence-corrected chi connectivity index (χ0v) is 11.3. The maximum absolute atomic E-state index is 13.2. The van der Waals surface area contributed by atoms with Crippen molar-refractivity contribution in [2.75, 3.05) is 11.1 Å². The van der Waals surface area contributed by atoms with Crippen LogP contribution in [0, 0.1) is 19.7 Å². The second-order valence-electron chi connectivity index (χ2n) is 4.44. The standard InChI is InChI=1S/C14H17FN4/c1-4-12-18-13(16)9(3)14(19-12)17-10-5-6-11(15)8(2)7-10/h5-7H,4H2,1-3H3,(H3,16,17,18,19). The van der Waals surface area contributed by atoms with Crippen molar-refractivity contribution < 1.29 is 4.39 Å².